The standard InChI is InChI=1S/C30H39NO9/c1-11(23(33)14(4)26(36)15(5)29-16(6)27(37)17(7)30(39)40-29)8-12(2)24(34)22-21-18(9-13(3)25(22)35)28(38)19(31)10-20(21)32/h8-11,14-17,23,26-27,29,33,35-37H,31H2,1-7H3. The molecule has 10 heteroatoms. The fraction of sp³-hybridized carbons (Fsp3) is 0.533. The van der Waals surface area contributed by atoms with Crippen molar-refractivity contribution >= 4 is 23.3 Å². The van der Waals surface area contributed by atoms with Crippen molar-refractivity contribution in [3.63, 3.8) is 0 Å². The van der Waals surface area contributed by atoms with Gasteiger partial charge in [-0.25, -0.2) is 0 Å². The number of nitrogens with two attached hydrogens (primary N) is 1. The van der Waals surface area contributed by atoms with Gasteiger partial charge in [-0.05, 0) is 38.0 Å². The predicted octanol–water partition coefficient (Wildman–Crippen LogP) is 2.24. The van der Waals surface area contributed by atoms with Gasteiger partial charge in [-0.1, -0.05) is 33.8 Å². The number of rotatable bonds is 8. The quantitative estimate of drug-likeness (QED) is 0.180. The fourth-order valence-electron chi connectivity index (χ4n) is 5.74. The lowest BCUT2D eigenvalue weighted by Gasteiger charge is -2.42. The number of esters is 1. The number of benzene rings is 1. The van der Waals surface area contributed by atoms with Crippen molar-refractivity contribution in [3.05, 3.63) is 51.7 Å². The Bertz CT molecular complexity index is 1300. The fourth-order valence-corrected chi connectivity index (χ4v) is 5.74. The number of hydrogen-bond acceptors (Lipinski definition) is 10. The maximum Gasteiger partial charge on any atom is 0.311 e. The Hall–Kier alpha value is -3.34. The summed E-state index contributed by atoms with van der Waals surface area (Å²) >= 11 is 0. The van der Waals surface area contributed by atoms with E-state index in [1.807, 2.05) is 0 Å². The highest BCUT2D eigenvalue weighted by atomic mass is 16.6. The van der Waals surface area contributed by atoms with Gasteiger partial charge in [0.25, 0.3) is 0 Å². The molecule has 0 aromatic heterocycles. The van der Waals surface area contributed by atoms with Crippen LogP contribution in [0.4, 0.5) is 0 Å². The highest BCUT2D eigenvalue weighted by Gasteiger charge is 2.45. The van der Waals surface area contributed by atoms with Gasteiger partial charge < -0.3 is 30.9 Å². The van der Waals surface area contributed by atoms with Crippen LogP contribution >= 0.6 is 0 Å². The van der Waals surface area contributed by atoms with Crippen LogP contribution in [-0.2, 0) is 9.53 Å². The number of carbonyl (C=O) groups is 4. The molecule has 0 bridgehead atoms. The van der Waals surface area contributed by atoms with Gasteiger partial charge >= 0.3 is 5.97 Å². The number of Topliss-reactive ketones (excluding diaryl/α,β-unsaturated/α-hetero) is 2. The van der Waals surface area contributed by atoms with Gasteiger partial charge in [-0.3, -0.25) is 19.2 Å². The predicted molar refractivity (Wildman–Crippen MR) is 146 cm³/mol. The molecule has 0 saturated carbocycles. The van der Waals surface area contributed by atoms with Crippen LogP contribution in [0.3, 0.4) is 0 Å². The summed E-state index contributed by atoms with van der Waals surface area (Å²) in [4.78, 5) is 50.9. The number of hydrogen-bond donors (Lipinski definition) is 5. The Kier molecular flexibility index (Phi) is 9.08. The second-order valence-corrected chi connectivity index (χ2v) is 11.4. The summed E-state index contributed by atoms with van der Waals surface area (Å²) in [5.41, 5.74) is 5.13. The Morgan fingerprint density at radius 1 is 1.10 bits per heavy atom. The van der Waals surface area contributed by atoms with Gasteiger partial charge in [-0.15, -0.1) is 0 Å². The molecule has 218 valence electrons. The van der Waals surface area contributed by atoms with Crippen LogP contribution in [0.25, 0.3) is 0 Å². The first-order valence-electron chi connectivity index (χ1n) is 13.4. The zero-order valence-corrected chi connectivity index (χ0v) is 23.8. The third-order valence-corrected chi connectivity index (χ3v) is 8.49. The van der Waals surface area contributed by atoms with Gasteiger partial charge in [0, 0.05) is 40.9 Å². The van der Waals surface area contributed by atoms with Crippen LogP contribution in [0.15, 0.2) is 29.5 Å². The average molecular weight is 558 g/mol. The molecule has 6 N–H and O–H groups in total. The molecule has 1 aromatic rings. The Morgan fingerprint density at radius 3 is 2.30 bits per heavy atom. The maximum atomic E-state index is 13.5. The normalized spacial score (nSPS) is 27.2. The number of aliphatic hydroxyl groups is 3. The highest BCUT2D eigenvalue weighted by Crippen LogP contribution is 2.36. The van der Waals surface area contributed by atoms with Gasteiger partial charge in [0.2, 0.25) is 5.78 Å². The Morgan fingerprint density at radius 2 is 1.70 bits per heavy atom. The summed E-state index contributed by atoms with van der Waals surface area (Å²) in [6.07, 6.45) is -1.52. The minimum Gasteiger partial charge on any atom is -0.507 e. The molecule has 9 atom stereocenters. The van der Waals surface area contributed by atoms with E-state index < -0.39 is 83.1 Å². The lowest BCUT2D eigenvalue weighted by Crippen LogP contribution is -2.52. The van der Waals surface area contributed by atoms with Crippen molar-refractivity contribution in [3.8, 4) is 5.75 Å². The summed E-state index contributed by atoms with van der Waals surface area (Å²) in [5.74, 6) is -6.05. The molecule has 1 aromatic carbocycles. The topological polar surface area (TPSA) is 184 Å². The molecule has 2 aliphatic rings. The number of ether oxygens (including phenoxy) is 1. The molecule has 1 aliphatic carbocycles. The van der Waals surface area contributed by atoms with Crippen molar-refractivity contribution in [1.82, 2.24) is 0 Å². The average Bonchev–Trinajstić information content (AvgIpc) is 2.91. The van der Waals surface area contributed by atoms with E-state index in [0.717, 1.165) is 6.08 Å². The summed E-state index contributed by atoms with van der Waals surface area (Å²) in [6, 6.07) is 1.32. The number of allylic oxidation sites excluding steroid dienone is 3. The molecule has 1 aliphatic heterocycles. The van der Waals surface area contributed by atoms with Crippen molar-refractivity contribution in [2.24, 2.45) is 35.3 Å². The Balaban J connectivity index is 1.84. The van der Waals surface area contributed by atoms with Gasteiger partial charge in [0.1, 0.15) is 11.9 Å². The van der Waals surface area contributed by atoms with Crippen molar-refractivity contribution in [2.45, 2.75) is 72.9 Å². The van der Waals surface area contributed by atoms with Crippen molar-refractivity contribution in [2.75, 3.05) is 0 Å². The molecule has 1 saturated heterocycles. The second-order valence-electron chi connectivity index (χ2n) is 11.4. The molecule has 10 nitrogen and oxygen atoms in total. The number of cyclic esters (lactones) is 1. The number of phenols is 1. The number of fused-ring (bicyclic) bond motifs is 1. The minimum atomic E-state index is -1.13. The third kappa shape index (κ3) is 5.48. The summed E-state index contributed by atoms with van der Waals surface area (Å²) in [6.45, 7) is 11.2. The lowest BCUT2D eigenvalue weighted by atomic mass is 9.75. The van der Waals surface area contributed by atoms with E-state index in [1.54, 1.807) is 34.6 Å². The summed E-state index contributed by atoms with van der Waals surface area (Å²) < 4.78 is 5.50. The molecular weight excluding hydrogens is 518 g/mol. The van der Waals surface area contributed by atoms with Crippen LogP contribution in [0.2, 0.25) is 0 Å². The zero-order chi connectivity index (χ0) is 30.4. The molecule has 0 radical (unpaired) electrons. The van der Waals surface area contributed by atoms with Gasteiger partial charge in [-0.2, -0.15) is 0 Å². The first kappa shape index (κ1) is 31.2. The third-order valence-electron chi connectivity index (χ3n) is 8.49. The maximum absolute atomic E-state index is 13.5. The van der Waals surface area contributed by atoms with Gasteiger partial charge in [0.05, 0.1) is 35.5 Å². The van der Waals surface area contributed by atoms with E-state index in [9.17, 15) is 39.6 Å². The number of carbonyl (C=O) groups excluding carboxylic acids is 4. The van der Waals surface area contributed by atoms with Crippen molar-refractivity contribution < 1.29 is 44.3 Å². The molecule has 3 rings (SSSR count). The van der Waals surface area contributed by atoms with Crippen LogP contribution in [0.1, 0.15) is 78.2 Å². The summed E-state index contributed by atoms with van der Waals surface area (Å²) in [7, 11) is 0. The van der Waals surface area contributed by atoms with E-state index in [4.69, 9.17) is 10.5 Å². The largest absolute Gasteiger partial charge is 0.507 e. The van der Waals surface area contributed by atoms with Crippen LogP contribution in [-0.4, -0.2) is 68.2 Å². The van der Waals surface area contributed by atoms with E-state index in [2.05, 4.69) is 0 Å². The SMILES string of the molecule is CC(=CC(C)C(O)C(C)C(O)C(C)C1OC(=O)C(C)C(O)C1C)C(=O)c1c(O)c(C)cc2c1C(=O)C=C(N)C2=O. The minimum absolute atomic E-state index is 0.0626. The van der Waals surface area contributed by atoms with Gasteiger partial charge in [0.15, 0.2) is 11.6 Å². The van der Waals surface area contributed by atoms with Crippen LogP contribution < -0.4 is 5.73 Å². The van der Waals surface area contributed by atoms with E-state index in [1.165, 1.54) is 26.0 Å². The zero-order valence-electron chi connectivity index (χ0n) is 23.8. The highest BCUT2D eigenvalue weighted by molar-refractivity contribution is 6.29. The van der Waals surface area contributed by atoms with E-state index in [0.29, 0.717) is 0 Å². The smallest absolute Gasteiger partial charge is 0.311 e. The first-order valence-corrected chi connectivity index (χ1v) is 13.4. The number of ketones is 3. The molecule has 0 spiro atoms. The first-order chi connectivity index (χ1) is 18.5. The van der Waals surface area contributed by atoms with Crippen molar-refractivity contribution in [1.29, 1.82) is 0 Å². The molecule has 0 amide bonds. The molecule has 40 heavy (non-hydrogen) atoms. The van der Waals surface area contributed by atoms with E-state index in [-0.39, 0.29) is 33.5 Å². The number of aryl methyl sites for hydroxylation is 1. The number of phenolic OH excluding ortho intramolecular Hbond substituents is 1. The molecule has 9 unspecified atom stereocenters. The molecule has 1 fully saturated rings. The summed E-state index contributed by atoms with van der Waals surface area (Å²) in [5, 5.41) is 43.3. The Labute approximate surface area is 233 Å². The van der Waals surface area contributed by atoms with Crippen LogP contribution in [0.5, 0.6) is 5.75 Å². The monoisotopic (exact) mass is 557 g/mol. The lowest BCUT2D eigenvalue weighted by molar-refractivity contribution is -0.189. The number of aromatic hydroxyl groups is 1. The number of aliphatic hydroxyl groups excluding tert-OH is 3. The van der Waals surface area contributed by atoms with E-state index >= 15 is 0 Å². The van der Waals surface area contributed by atoms with Crippen LogP contribution in [0, 0.1) is 36.5 Å². The molecular formula is C30H39NO9. The molecule has 1 heterocycles. The second kappa shape index (κ2) is 11.6.